The van der Waals surface area contributed by atoms with Gasteiger partial charge < -0.3 is 5.32 Å². The Labute approximate surface area is 146 Å². The molecule has 128 valence electrons. The zero-order valence-corrected chi connectivity index (χ0v) is 15.3. The molecule has 0 fully saturated rings. The van der Waals surface area contributed by atoms with Gasteiger partial charge in [0.1, 0.15) is 0 Å². The molecule has 23 heavy (non-hydrogen) atoms. The summed E-state index contributed by atoms with van der Waals surface area (Å²) in [6, 6.07) is 5.76. The van der Waals surface area contributed by atoms with Crippen LogP contribution in [0.25, 0.3) is 0 Å². The maximum Gasteiger partial charge on any atom is 0.186 e. The van der Waals surface area contributed by atoms with Crippen LogP contribution in [-0.4, -0.2) is 22.4 Å². The van der Waals surface area contributed by atoms with Crippen LogP contribution >= 0.6 is 12.2 Å². The third-order valence-electron chi connectivity index (χ3n) is 3.68. The highest BCUT2D eigenvalue weighted by molar-refractivity contribution is 7.80. The van der Waals surface area contributed by atoms with E-state index in [4.69, 9.17) is 12.2 Å². The summed E-state index contributed by atoms with van der Waals surface area (Å²) in [5.41, 5.74) is 4.55. The molecule has 1 heterocycles. The molecule has 0 unspecified atom stereocenters. The van der Waals surface area contributed by atoms with Gasteiger partial charge in [-0.05, 0) is 37.7 Å². The monoisotopic (exact) mass is 334 g/mol. The van der Waals surface area contributed by atoms with Gasteiger partial charge in [-0.3, -0.25) is 10.4 Å². The summed E-state index contributed by atoms with van der Waals surface area (Å²) < 4.78 is 0. The van der Waals surface area contributed by atoms with Crippen molar-refractivity contribution < 1.29 is 0 Å². The lowest BCUT2D eigenvalue weighted by molar-refractivity contribution is 0.572. The van der Waals surface area contributed by atoms with Crippen LogP contribution in [0.15, 0.2) is 29.5 Å². The second kappa shape index (κ2) is 13.0. The SMILES string of the molecule is CCCCCCCCCCNC(=S)NN=C(C)c1ccccn1. The Morgan fingerprint density at radius 1 is 1.09 bits per heavy atom. The van der Waals surface area contributed by atoms with Crippen LogP contribution in [-0.2, 0) is 0 Å². The minimum atomic E-state index is 0.572. The van der Waals surface area contributed by atoms with Crippen molar-refractivity contribution in [1.82, 2.24) is 15.7 Å². The van der Waals surface area contributed by atoms with E-state index in [1.54, 1.807) is 6.20 Å². The maximum absolute atomic E-state index is 5.22. The lowest BCUT2D eigenvalue weighted by atomic mass is 10.1. The Morgan fingerprint density at radius 3 is 2.43 bits per heavy atom. The number of pyridine rings is 1. The number of nitrogens with zero attached hydrogens (tertiary/aromatic N) is 2. The van der Waals surface area contributed by atoms with E-state index in [0.717, 1.165) is 24.4 Å². The number of rotatable bonds is 11. The quantitative estimate of drug-likeness (QED) is 0.272. The number of thiocarbonyl (C=S) groups is 1. The molecular formula is C18H30N4S. The van der Waals surface area contributed by atoms with Gasteiger partial charge in [-0.2, -0.15) is 5.10 Å². The van der Waals surface area contributed by atoms with Crippen molar-refractivity contribution in [3.8, 4) is 0 Å². The van der Waals surface area contributed by atoms with E-state index >= 15 is 0 Å². The zero-order valence-electron chi connectivity index (χ0n) is 14.5. The molecule has 0 saturated carbocycles. The Hall–Kier alpha value is -1.49. The Bertz CT molecular complexity index is 459. The number of hydrazone groups is 1. The van der Waals surface area contributed by atoms with Crippen molar-refractivity contribution in [3.63, 3.8) is 0 Å². The largest absolute Gasteiger partial charge is 0.361 e. The summed E-state index contributed by atoms with van der Waals surface area (Å²) >= 11 is 5.22. The molecule has 4 nitrogen and oxygen atoms in total. The van der Waals surface area contributed by atoms with E-state index in [-0.39, 0.29) is 0 Å². The first-order chi connectivity index (χ1) is 11.2. The van der Waals surface area contributed by atoms with Crippen LogP contribution in [0, 0.1) is 0 Å². The Kier molecular flexibility index (Phi) is 11.0. The molecule has 0 radical (unpaired) electrons. The molecular weight excluding hydrogens is 304 g/mol. The lowest BCUT2D eigenvalue weighted by Crippen LogP contribution is -2.33. The molecule has 0 aliphatic carbocycles. The van der Waals surface area contributed by atoms with Crippen LogP contribution in [0.1, 0.15) is 70.9 Å². The zero-order chi connectivity index (χ0) is 16.8. The average molecular weight is 335 g/mol. The van der Waals surface area contributed by atoms with E-state index in [0.29, 0.717) is 5.11 Å². The number of aromatic nitrogens is 1. The standard InChI is InChI=1S/C18H30N4S/c1-3-4-5-6-7-8-9-11-15-20-18(23)22-21-16(2)17-13-10-12-14-19-17/h10,12-14H,3-9,11,15H2,1-2H3,(H2,20,22,23). The van der Waals surface area contributed by atoms with Crippen LogP contribution in [0.2, 0.25) is 0 Å². The number of nitrogens with one attached hydrogen (secondary N) is 2. The van der Waals surface area contributed by atoms with E-state index in [1.165, 1.54) is 44.9 Å². The van der Waals surface area contributed by atoms with Gasteiger partial charge in [-0.1, -0.05) is 57.9 Å². The van der Waals surface area contributed by atoms with Crippen LogP contribution < -0.4 is 10.7 Å². The molecule has 0 bridgehead atoms. The summed E-state index contributed by atoms with van der Waals surface area (Å²) in [5, 5.41) is 8.02. The molecule has 1 aromatic rings. The fraction of sp³-hybridized carbons (Fsp3) is 0.611. The van der Waals surface area contributed by atoms with Crippen molar-refractivity contribution in [3.05, 3.63) is 30.1 Å². The van der Waals surface area contributed by atoms with Crippen molar-refractivity contribution in [2.45, 2.75) is 65.2 Å². The van der Waals surface area contributed by atoms with Crippen molar-refractivity contribution >= 4 is 23.0 Å². The highest BCUT2D eigenvalue weighted by Gasteiger charge is 1.98. The first-order valence-electron chi connectivity index (χ1n) is 8.73. The second-order valence-electron chi connectivity index (χ2n) is 5.75. The van der Waals surface area contributed by atoms with Gasteiger partial charge >= 0.3 is 0 Å². The van der Waals surface area contributed by atoms with Gasteiger partial charge in [0.15, 0.2) is 5.11 Å². The smallest absolute Gasteiger partial charge is 0.186 e. The highest BCUT2D eigenvalue weighted by Crippen LogP contribution is 2.07. The molecule has 0 atom stereocenters. The first kappa shape index (κ1) is 19.6. The molecule has 0 amide bonds. The number of hydrogen-bond acceptors (Lipinski definition) is 3. The Balaban J connectivity index is 2.04. The molecule has 0 saturated heterocycles. The normalized spacial score (nSPS) is 11.3. The Morgan fingerprint density at radius 2 is 1.78 bits per heavy atom. The molecule has 0 aromatic carbocycles. The highest BCUT2D eigenvalue weighted by atomic mass is 32.1. The van der Waals surface area contributed by atoms with Crippen molar-refractivity contribution in [1.29, 1.82) is 0 Å². The van der Waals surface area contributed by atoms with Gasteiger partial charge in [0.25, 0.3) is 0 Å². The summed E-state index contributed by atoms with van der Waals surface area (Å²) in [5.74, 6) is 0. The van der Waals surface area contributed by atoms with E-state index in [1.807, 2.05) is 25.1 Å². The van der Waals surface area contributed by atoms with Crippen molar-refractivity contribution in [2.24, 2.45) is 5.10 Å². The average Bonchev–Trinajstić information content (AvgIpc) is 2.59. The summed E-state index contributed by atoms with van der Waals surface area (Å²) in [6.45, 7) is 5.07. The summed E-state index contributed by atoms with van der Waals surface area (Å²) in [7, 11) is 0. The third-order valence-corrected chi connectivity index (χ3v) is 3.91. The van der Waals surface area contributed by atoms with E-state index < -0.39 is 0 Å². The maximum atomic E-state index is 5.22. The third kappa shape index (κ3) is 10.00. The van der Waals surface area contributed by atoms with Gasteiger partial charge in [0, 0.05) is 12.7 Å². The lowest BCUT2D eigenvalue weighted by Gasteiger charge is -2.08. The fourth-order valence-corrected chi connectivity index (χ4v) is 2.42. The number of unbranched alkanes of at least 4 members (excludes halogenated alkanes) is 7. The number of hydrogen-bond donors (Lipinski definition) is 2. The molecule has 2 N–H and O–H groups in total. The van der Waals surface area contributed by atoms with Gasteiger partial charge in [0.2, 0.25) is 0 Å². The van der Waals surface area contributed by atoms with Gasteiger partial charge in [-0.25, -0.2) is 0 Å². The van der Waals surface area contributed by atoms with Crippen LogP contribution in [0.4, 0.5) is 0 Å². The topological polar surface area (TPSA) is 49.3 Å². The second-order valence-corrected chi connectivity index (χ2v) is 6.16. The molecule has 0 spiro atoms. The summed E-state index contributed by atoms with van der Waals surface area (Å²) in [4.78, 5) is 4.24. The first-order valence-corrected chi connectivity index (χ1v) is 9.14. The molecule has 1 rings (SSSR count). The van der Waals surface area contributed by atoms with Gasteiger partial charge in [0.05, 0.1) is 11.4 Å². The molecule has 1 aromatic heterocycles. The fourth-order valence-electron chi connectivity index (χ4n) is 2.27. The summed E-state index contributed by atoms with van der Waals surface area (Å²) in [6.07, 6.45) is 12.3. The molecule has 0 aliphatic rings. The predicted molar refractivity (Wildman–Crippen MR) is 103 cm³/mol. The van der Waals surface area contributed by atoms with E-state index in [9.17, 15) is 0 Å². The molecule has 0 aliphatic heterocycles. The minimum absolute atomic E-state index is 0.572. The van der Waals surface area contributed by atoms with E-state index in [2.05, 4.69) is 27.8 Å². The van der Waals surface area contributed by atoms with Crippen LogP contribution in [0.5, 0.6) is 0 Å². The van der Waals surface area contributed by atoms with Crippen LogP contribution in [0.3, 0.4) is 0 Å². The van der Waals surface area contributed by atoms with Crippen molar-refractivity contribution in [2.75, 3.05) is 6.54 Å². The minimum Gasteiger partial charge on any atom is -0.361 e. The van der Waals surface area contributed by atoms with Gasteiger partial charge in [-0.15, -0.1) is 0 Å². The predicted octanol–water partition coefficient (Wildman–Crippen LogP) is 4.41. The molecule has 5 heteroatoms.